The first-order valence-corrected chi connectivity index (χ1v) is 10.3. The molecule has 0 aliphatic carbocycles. The topological polar surface area (TPSA) is 53.6 Å². The average molecular weight is 402 g/mol. The van der Waals surface area contributed by atoms with Gasteiger partial charge in [-0.25, -0.2) is 4.79 Å². The fourth-order valence-electron chi connectivity index (χ4n) is 3.50. The maximum Gasteiger partial charge on any atom is 0.321 e. The van der Waals surface area contributed by atoms with Gasteiger partial charge in [0.15, 0.2) is 0 Å². The van der Waals surface area contributed by atoms with Crippen LogP contribution in [-0.2, 0) is 6.42 Å². The summed E-state index contributed by atoms with van der Waals surface area (Å²) in [7, 11) is 0. The number of hydrogen-bond acceptors (Lipinski definition) is 3. The number of nitrogens with one attached hydrogen (secondary N) is 2. The van der Waals surface area contributed by atoms with Crippen molar-refractivity contribution in [2.24, 2.45) is 0 Å². The summed E-state index contributed by atoms with van der Waals surface area (Å²) in [5.41, 5.74) is 3.39. The van der Waals surface area contributed by atoms with Gasteiger partial charge in [0.05, 0.1) is 0 Å². The summed E-state index contributed by atoms with van der Waals surface area (Å²) in [4.78, 5) is 14.2. The lowest BCUT2D eigenvalue weighted by molar-refractivity contribution is 0.149. The molecule has 0 saturated carbocycles. The number of nitrogens with zero attached hydrogens (tertiary/aromatic N) is 1. The molecule has 1 aliphatic rings. The molecule has 1 saturated heterocycles. The van der Waals surface area contributed by atoms with E-state index in [1.54, 1.807) is 0 Å². The summed E-state index contributed by atoms with van der Waals surface area (Å²) in [6, 6.07) is 25.9. The van der Waals surface area contributed by atoms with Crippen molar-refractivity contribution in [1.29, 1.82) is 0 Å². The van der Waals surface area contributed by atoms with Crippen LogP contribution in [0.5, 0.6) is 11.5 Å². The van der Waals surface area contributed by atoms with Gasteiger partial charge in [0.2, 0.25) is 0 Å². The van der Waals surface area contributed by atoms with Gasteiger partial charge in [-0.1, -0.05) is 48.0 Å². The predicted octanol–water partition coefficient (Wildman–Crippen LogP) is 4.84. The highest BCUT2D eigenvalue weighted by molar-refractivity contribution is 5.90. The lowest BCUT2D eigenvalue weighted by Gasteiger charge is -2.39. The highest BCUT2D eigenvalue weighted by Gasteiger charge is 2.30. The van der Waals surface area contributed by atoms with Crippen LogP contribution >= 0.6 is 0 Å². The summed E-state index contributed by atoms with van der Waals surface area (Å²) in [6.45, 7) is 4.50. The predicted molar refractivity (Wildman–Crippen MR) is 120 cm³/mol. The Morgan fingerprint density at radius 2 is 1.70 bits per heavy atom. The second-order valence-corrected chi connectivity index (χ2v) is 7.66. The molecule has 1 aliphatic heterocycles. The lowest BCUT2D eigenvalue weighted by atomic mass is 10.1. The quantitative estimate of drug-likeness (QED) is 0.596. The smallest absolute Gasteiger partial charge is 0.321 e. The molecule has 0 spiro atoms. The second kappa shape index (κ2) is 9.46. The van der Waals surface area contributed by atoms with Gasteiger partial charge in [0.25, 0.3) is 0 Å². The third-order valence-electron chi connectivity index (χ3n) is 5.18. The van der Waals surface area contributed by atoms with Crippen LogP contribution in [0.4, 0.5) is 10.5 Å². The average Bonchev–Trinajstić information content (AvgIpc) is 2.72. The molecule has 2 amide bonds. The zero-order chi connectivity index (χ0) is 20.8. The number of urea groups is 1. The van der Waals surface area contributed by atoms with Crippen molar-refractivity contribution in [1.82, 2.24) is 10.2 Å². The van der Waals surface area contributed by atoms with Crippen LogP contribution in [0.3, 0.4) is 0 Å². The molecule has 3 aromatic carbocycles. The minimum Gasteiger partial charge on any atom is -0.457 e. The Kier molecular flexibility index (Phi) is 6.30. The van der Waals surface area contributed by atoms with Crippen LogP contribution in [0, 0.1) is 6.92 Å². The van der Waals surface area contributed by atoms with Crippen molar-refractivity contribution in [3.05, 3.63) is 90.0 Å². The Balaban J connectivity index is 1.17. The number of hydrogen-bond donors (Lipinski definition) is 2. The Hall–Kier alpha value is -3.31. The molecular weight excluding hydrogens is 374 g/mol. The van der Waals surface area contributed by atoms with E-state index in [4.69, 9.17) is 4.74 Å². The first-order valence-electron chi connectivity index (χ1n) is 10.3. The number of anilines is 1. The molecule has 2 N–H and O–H groups in total. The number of carbonyl (C=O) groups is 1. The van der Waals surface area contributed by atoms with Gasteiger partial charge in [-0.15, -0.1) is 0 Å². The first kappa shape index (κ1) is 20.0. The molecule has 0 aromatic heterocycles. The van der Waals surface area contributed by atoms with Crippen molar-refractivity contribution in [2.75, 3.05) is 25.0 Å². The van der Waals surface area contributed by atoms with Gasteiger partial charge in [0, 0.05) is 24.8 Å². The Bertz CT molecular complexity index is 967. The summed E-state index contributed by atoms with van der Waals surface area (Å²) < 4.78 is 5.78. The third-order valence-corrected chi connectivity index (χ3v) is 5.18. The van der Waals surface area contributed by atoms with E-state index in [9.17, 15) is 4.79 Å². The van der Waals surface area contributed by atoms with Gasteiger partial charge >= 0.3 is 6.03 Å². The van der Waals surface area contributed by atoms with Crippen molar-refractivity contribution >= 4 is 11.7 Å². The highest BCUT2D eigenvalue weighted by atomic mass is 16.5. The SMILES string of the molecule is Cc1cccc(CCNC2CN(C(=O)Nc3ccc(Oc4ccccc4)cc3)C2)c1. The van der Waals surface area contributed by atoms with E-state index in [1.165, 1.54) is 11.1 Å². The van der Waals surface area contributed by atoms with Crippen molar-refractivity contribution in [3.8, 4) is 11.5 Å². The van der Waals surface area contributed by atoms with E-state index in [0.29, 0.717) is 6.04 Å². The van der Waals surface area contributed by atoms with Gasteiger partial charge in [-0.2, -0.15) is 0 Å². The van der Waals surface area contributed by atoms with Crippen LogP contribution in [0.25, 0.3) is 0 Å². The maximum atomic E-state index is 12.4. The second-order valence-electron chi connectivity index (χ2n) is 7.66. The van der Waals surface area contributed by atoms with Crippen LogP contribution in [0.2, 0.25) is 0 Å². The zero-order valence-corrected chi connectivity index (χ0v) is 17.2. The van der Waals surface area contributed by atoms with Crippen molar-refractivity contribution in [3.63, 3.8) is 0 Å². The maximum absolute atomic E-state index is 12.4. The monoisotopic (exact) mass is 401 g/mol. The number of benzene rings is 3. The molecule has 4 rings (SSSR count). The fourth-order valence-corrected chi connectivity index (χ4v) is 3.50. The molecule has 0 bridgehead atoms. The number of ether oxygens (including phenoxy) is 1. The minimum absolute atomic E-state index is 0.0662. The zero-order valence-electron chi connectivity index (χ0n) is 17.2. The van der Waals surface area contributed by atoms with Crippen LogP contribution in [-0.4, -0.2) is 36.6 Å². The molecular formula is C25H27N3O2. The standard InChI is InChI=1S/C25H27N3O2/c1-19-6-5-7-20(16-19)14-15-26-22-17-28(18-22)25(29)27-21-10-12-24(13-11-21)30-23-8-3-2-4-9-23/h2-13,16,22,26H,14-15,17-18H2,1H3,(H,27,29). The summed E-state index contributed by atoms with van der Waals surface area (Å²) >= 11 is 0. The van der Waals surface area contributed by atoms with Crippen molar-refractivity contribution in [2.45, 2.75) is 19.4 Å². The summed E-state index contributed by atoms with van der Waals surface area (Å²) in [6.07, 6.45) is 1.00. The van der Waals surface area contributed by atoms with Crippen molar-refractivity contribution < 1.29 is 9.53 Å². The van der Waals surface area contributed by atoms with Crippen LogP contribution in [0.1, 0.15) is 11.1 Å². The molecule has 154 valence electrons. The van der Waals surface area contributed by atoms with Crippen LogP contribution in [0.15, 0.2) is 78.9 Å². The van der Waals surface area contributed by atoms with Gasteiger partial charge in [-0.3, -0.25) is 0 Å². The molecule has 0 radical (unpaired) electrons. The first-order chi connectivity index (χ1) is 14.7. The summed E-state index contributed by atoms with van der Waals surface area (Å²) in [5, 5.41) is 6.48. The number of likely N-dealkylation sites (tertiary alicyclic amines) is 1. The summed E-state index contributed by atoms with van der Waals surface area (Å²) in [5.74, 6) is 1.52. The molecule has 3 aromatic rings. The number of amides is 2. The molecule has 5 nitrogen and oxygen atoms in total. The Labute approximate surface area is 177 Å². The minimum atomic E-state index is -0.0662. The molecule has 0 unspecified atom stereocenters. The lowest BCUT2D eigenvalue weighted by Crippen LogP contribution is -2.61. The number of rotatable bonds is 7. The molecule has 0 atom stereocenters. The third kappa shape index (κ3) is 5.39. The van der Waals surface area contributed by atoms with E-state index in [0.717, 1.165) is 43.2 Å². The highest BCUT2D eigenvalue weighted by Crippen LogP contribution is 2.23. The van der Waals surface area contributed by atoms with Gasteiger partial charge in [-0.05, 0) is 61.9 Å². The normalized spacial score (nSPS) is 13.6. The molecule has 30 heavy (non-hydrogen) atoms. The number of aryl methyl sites for hydroxylation is 1. The molecule has 1 fully saturated rings. The fraction of sp³-hybridized carbons (Fsp3) is 0.240. The molecule has 5 heteroatoms. The Morgan fingerprint density at radius 3 is 2.43 bits per heavy atom. The van der Waals surface area contributed by atoms with E-state index >= 15 is 0 Å². The number of para-hydroxylation sites is 1. The van der Waals surface area contributed by atoms with E-state index in [-0.39, 0.29) is 6.03 Å². The van der Waals surface area contributed by atoms with E-state index < -0.39 is 0 Å². The van der Waals surface area contributed by atoms with Gasteiger partial charge in [0.1, 0.15) is 11.5 Å². The molecule has 1 heterocycles. The van der Waals surface area contributed by atoms with E-state index in [2.05, 4.69) is 41.8 Å². The largest absolute Gasteiger partial charge is 0.457 e. The Morgan fingerprint density at radius 1 is 0.967 bits per heavy atom. The van der Waals surface area contributed by atoms with E-state index in [1.807, 2.05) is 59.5 Å². The number of carbonyl (C=O) groups excluding carboxylic acids is 1. The van der Waals surface area contributed by atoms with Gasteiger partial charge < -0.3 is 20.3 Å². The van der Waals surface area contributed by atoms with Crippen LogP contribution < -0.4 is 15.4 Å².